The number of rotatable bonds is 4. The Kier molecular flexibility index (Phi) is 3.30. The summed E-state index contributed by atoms with van der Waals surface area (Å²) in [4.78, 5) is 21.8. The number of aliphatic hydroxyl groups is 2. The third-order valence-electron chi connectivity index (χ3n) is 2.72. The van der Waals surface area contributed by atoms with Crippen LogP contribution in [-0.2, 0) is 6.54 Å². The number of H-pyrrole nitrogens is 1. The summed E-state index contributed by atoms with van der Waals surface area (Å²) in [6, 6.07) is 0. The molecule has 0 aliphatic rings. The molecule has 2 aromatic heterocycles. The number of aryl methyl sites for hydroxylation is 1. The molecule has 0 radical (unpaired) electrons. The smallest absolute Gasteiger partial charge is 0.280 e. The number of nitrogens with one attached hydrogen (secondary N) is 1. The van der Waals surface area contributed by atoms with Crippen molar-refractivity contribution in [3.05, 3.63) is 16.7 Å². The Morgan fingerprint density at radius 3 is 2.94 bits per heavy atom. The highest BCUT2D eigenvalue weighted by atomic mass is 16.3. The maximum absolute atomic E-state index is 11.5. The van der Waals surface area contributed by atoms with Crippen molar-refractivity contribution in [3.8, 4) is 0 Å². The van der Waals surface area contributed by atoms with Gasteiger partial charge in [-0.05, 0) is 13.3 Å². The van der Waals surface area contributed by atoms with Crippen molar-refractivity contribution in [1.29, 1.82) is 0 Å². The van der Waals surface area contributed by atoms with Gasteiger partial charge < -0.3 is 20.5 Å². The van der Waals surface area contributed by atoms with Gasteiger partial charge in [0.15, 0.2) is 11.2 Å². The van der Waals surface area contributed by atoms with Gasteiger partial charge >= 0.3 is 0 Å². The third-order valence-corrected chi connectivity index (χ3v) is 2.72. The zero-order chi connectivity index (χ0) is 13.3. The van der Waals surface area contributed by atoms with Crippen LogP contribution in [0.15, 0.2) is 11.1 Å². The minimum Gasteiger partial charge on any atom is -0.391 e. The van der Waals surface area contributed by atoms with Crippen LogP contribution >= 0.6 is 0 Å². The molecular weight excluding hydrogens is 238 g/mol. The first kappa shape index (κ1) is 12.5. The van der Waals surface area contributed by atoms with Crippen molar-refractivity contribution in [1.82, 2.24) is 19.5 Å². The Balaban J connectivity index is 2.27. The topological polar surface area (TPSA) is 130 Å². The Hall–Kier alpha value is -1.93. The fourth-order valence-electron chi connectivity index (χ4n) is 1.65. The number of nitrogens with zero attached hydrogens (tertiary/aromatic N) is 3. The maximum atomic E-state index is 11.5. The van der Waals surface area contributed by atoms with Gasteiger partial charge in [-0.25, -0.2) is 4.98 Å². The van der Waals surface area contributed by atoms with Crippen LogP contribution in [0.1, 0.15) is 13.3 Å². The van der Waals surface area contributed by atoms with E-state index >= 15 is 0 Å². The zero-order valence-corrected chi connectivity index (χ0v) is 9.87. The summed E-state index contributed by atoms with van der Waals surface area (Å²) >= 11 is 0. The van der Waals surface area contributed by atoms with E-state index < -0.39 is 17.8 Å². The molecule has 0 fully saturated rings. The number of hydrogen-bond donors (Lipinski definition) is 4. The van der Waals surface area contributed by atoms with Crippen LogP contribution in [0.5, 0.6) is 0 Å². The molecule has 98 valence electrons. The van der Waals surface area contributed by atoms with Crippen LogP contribution in [0.25, 0.3) is 11.2 Å². The summed E-state index contributed by atoms with van der Waals surface area (Å²) in [5, 5.41) is 18.7. The van der Waals surface area contributed by atoms with Gasteiger partial charge in [0.05, 0.1) is 18.5 Å². The summed E-state index contributed by atoms with van der Waals surface area (Å²) in [5.74, 6) is 0.0188. The molecule has 2 atom stereocenters. The lowest BCUT2D eigenvalue weighted by Gasteiger charge is -2.13. The molecule has 5 N–H and O–H groups in total. The molecule has 0 spiro atoms. The van der Waals surface area contributed by atoms with Gasteiger partial charge in [-0.3, -0.25) is 9.78 Å². The zero-order valence-electron chi connectivity index (χ0n) is 9.87. The number of aromatic amines is 1. The summed E-state index contributed by atoms with van der Waals surface area (Å²) in [7, 11) is 0. The summed E-state index contributed by atoms with van der Waals surface area (Å²) in [5.41, 5.74) is 5.64. The van der Waals surface area contributed by atoms with Gasteiger partial charge in [0, 0.05) is 6.54 Å². The molecule has 2 aromatic rings. The van der Waals surface area contributed by atoms with Gasteiger partial charge in [-0.2, -0.15) is 4.98 Å². The number of aromatic nitrogens is 4. The highest BCUT2D eigenvalue weighted by molar-refractivity contribution is 5.70. The highest BCUT2D eigenvalue weighted by Gasteiger charge is 2.13. The molecule has 0 amide bonds. The summed E-state index contributed by atoms with van der Waals surface area (Å²) < 4.78 is 1.62. The van der Waals surface area contributed by atoms with E-state index in [1.165, 1.54) is 13.3 Å². The van der Waals surface area contributed by atoms with Crippen molar-refractivity contribution in [2.24, 2.45) is 0 Å². The molecule has 8 heteroatoms. The standard InChI is InChI=1S/C10H15N5O3/c1-5(16)6(17)2-3-15-4-12-7-8(15)13-10(11)14-9(7)18/h4-6,16-17H,2-3H2,1H3,(H3,11,13,14,18). The van der Waals surface area contributed by atoms with Crippen molar-refractivity contribution >= 4 is 17.1 Å². The fourth-order valence-corrected chi connectivity index (χ4v) is 1.65. The molecule has 2 unspecified atom stereocenters. The molecule has 18 heavy (non-hydrogen) atoms. The third kappa shape index (κ3) is 2.34. The van der Waals surface area contributed by atoms with E-state index in [-0.39, 0.29) is 11.5 Å². The Labute approximate surface area is 102 Å². The Morgan fingerprint density at radius 1 is 1.56 bits per heavy atom. The van der Waals surface area contributed by atoms with Crippen molar-refractivity contribution in [2.45, 2.75) is 32.1 Å². The Bertz CT molecular complexity index is 603. The van der Waals surface area contributed by atoms with E-state index in [4.69, 9.17) is 5.73 Å². The van der Waals surface area contributed by atoms with Crippen LogP contribution < -0.4 is 11.3 Å². The fraction of sp³-hybridized carbons (Fsp3) is 0.500. The summed E-state index contributed by atoms with van der Waals surface area (Å²) in [6.07, 6.45) is 0.154. The quantitative estimate of drug-likeness (QED) is 0.543. The molecule has 2 rings (SSSR count). The molecule has 0 aliphatic carbocycles. The molecule has 8 nitrogen and oxygen atoms in total. The second-order valence-corrected chi connectivity index (χ2v) is 4.16. The van der Waals surface area contributed by atoms with E-state index in [1.807, 2.05) is 0 Å². The number of hydrogen-bond acceptors (Lipinski definition) is 6. The van der Waals surface area contributed by atoms with Crippen LogP contribution in [0.3, 0.4) is 0 Å². The highest BCUT2D eigenvalue weighted by Crippen LogP contribution is 2.09. The monoisotopic (exact) mass is 253 g/mol. The van der Waals surface area contributed by atoms with Gasteiger partial charge in [-0.15, -0.1) is 0 Å². The van der Waals surface area contributed by atoms with Crippen LogP contribution in [0, 0.1) is 0 Å². The predicted octanol–water partition coefficient (Wildman–Crippen LogP) is -1.17. The lowest BCUT2D eigenvalue weighted by molar-refractivity contribution is 0.0238. The average molecular weight is 253 g/mol. The van der Waals surface area contributed by atoms with Gasteiger partial charge in [0.2, 0.25) is 5.95 Å². The molecule has 0 saturated carbocycles. The largest absolute Gasteiger partial charge is 0.391 e. The molecule has 0 aromatic carbocycles. The maximum Gasteiger partial charge on any atom is 0.280 e. The van der Waals surface area contributed by atoms with E-state index in [0.29, 0.717) is 18.6 Å². The molecular formula is C10H15N5O3. The number of imidazole rings is 1. The van der Waals surface area contributed by atoms with Crippen LogP contribution in [-0.4, -0.2) is 41.9 Å². The first-order chi connectivity index (χ1) is 8.49. The number of fused-ring (bicyclic) bond motifs is 1. The first-order valence-electron chi connectivity index (χ1n) is 5.56. The minimum atomic E-state index is -0.832. The predicted molar refractivity (Wildman–Crippen MR) is 64.9 cm³/mol. The SMILES string of the molecule is CC(O)C(O)CCn1cnc2c(=O)[nH]c(N)nc21. The lowest BCUT2D eigenvalue weighted by Crippen LogP contribution is -2.24. The second-order valence-electron chi connectivity index (χ2n) is 4.16. The average Bonchev–Trinajstić information content (AvgIpc) is 2.69. The van der Waals surface area contributed by atoms with E-state index in [2.05, 4.69) is 15.0 Å². The number of anilines is 1. The Morgan fingerprint density at radius 2 is 2.28 bits per heavy atom. The molecule has 0 bridgehead atoms. The first-order valence-corrected chi connectivity index (χ1v) is 5.56. The van der Waals surface area contributed by atoms with Gasteiger partial charge in [-0.1, -0.05) is 0 Å². The number of aliphatic hydroxyl groups excluding tert-OH is 2. The molecule has 0 aliphatic heterocycles. The van der Waals surface area contributed by atoms with Crippen molar-refractivity contribution in [3.63, 3.8) is 0 Å². The van der Waals surface area contributed by atoms with E-state index in [9.17, 15) is 15.0 Å². The number of nitrogen functional groups attached to an aromatic ring is 1. The van der Waals surface area contributed by atoms with Gasteiger partial charge in [0.25, 0.3) is 5.56 Å². The van der Waals surface area contributed by atoms with Crippen molar-refractivity contribution < 1.29 is 10.2 Å². The normalized spacial score (nSPS) is 14.8. The van der Waals surface area contributed by atoms with E-state index in [0.717, 1.165) is 0 Å². The molecule has 2 heterocycles. The summed E-state index contributed by atoms with van der Waals surface area (Å²) in [6.45, 7) is 1.90. The second kappa shape index (κ2) is 4.75. The lowest BCUT2D eigenvalue weighted by atomic mass is 10.1. The van der Waals surface area contributed by atoms with Crippen LogP contribution in [0.2, 0.25) is 0 Å². The van der Waals surface area contributed by atoms with Crippen molar-refractivity contribution in [2.75, 3.05) is 5.73 Å². The minimum absolute atomic E-state index is 0.0188. The van der Waals surface area contributed by atoms with E-state index in [1.54, 1.807) is 4.57 Å². The number of nitrogens with two attached hydrogens (primary N) is 1. The van der Waals surface area contributed by atoms with Crippen LogP contribution in [0.4, 0.5) is 5.95 Å². The van der Waals surface area contributed by atoms with Gasteiger partial charge in [0.1, 0.15) is 0 Å². The molecule has 0 saturated heterocycles.